The van der Waals surface area contributed by atoms with Crippen LogP contribution in [0.5, 0.6) is 0 Å². The summed E-state index contributed by atoms with van der Waals surface area (Å²) < 4.78 is 5.83. The highest BCUT2D eigenvalue weighted by Gasteiger charge is 2.31. The van der Waals surface area contributed by atoms with E-state index < -0.39 is 0 Å². The molecule has 2 unspecified atom stereocenters. The van der Waals surface area contributed by atoms with Crippen LogP contribution in [0.3, 0.4) is 0 Å². The lowest BCUT2D eigenvalue weighted by Crippen LogP contribution is -2.39. The zero-order valence-corrected chi connectivity index (χ0v) is 11.9. The van der Waals surface area contributed by atoms with Gasteiger partial charge in [0, 0.05) is 30.0 Å². The third-order valence-electron chi connectivity index (χ3n) is 3.04. The lowest BCUT2D eigenvalue weighted by molar-refractivity contribution is 0.0859. The third kappa shape index (κ3) is 3.50. The predicted molar refractivity (Wildman–Crippen MR) is 71.4 cm³/mol. The molecule has 17 heavy (non-hydrogen) atoms. The van der Waals surface area contributed by atoms with Crippen molar-refractivity contribution in [2.24, 2.45) is 5.92 Å². The molecule has 1 aromatic heterocycles. The van der Waals surface area contributed by atoms with Crippen LogP contribution in [0.4, 0.5) is 0 Å². The topological polar surface area (TPSA) is 34.1 Å². The molecule has 2 rings (SSSR count). The van der Waals surface area contributed by atoms with Gasteiger partial charge in [0.2, 0.25) is 0 Å². The average Bonchev–Trinajstić information content (AvgIpc) is 2.81. The molecule has 1 aliphatic heterocycles. The summed E-state index contributed by atoms with van der Waals surface area (Å²) in [5.74, 6) is 0.552. The molecule has 0 amide bonds. The maximum atomic E-state index is 5.83. The number of rotatable bonds is 3. The van der Waals surface area contributed by atoms with E-state index in [4.69, 9.17) is 4.74 Å². The first-order valence-corrected chi connectivity index (χ1v) is 7.12. The summed E-state index contributed by atoms with van der Waals surface area (Å²) in [5, 5.41) is 6.82. The lowest BCUT2D eigenvalue weighted by Gasteiger charge is -2.25. The van der Waals surface area contributed by atoms with Crippen molar-refractivity contribution in [1.29, 1.82) is 0 Å². The second kappa shape index (κ2) is 5.04. The lowest BCUT2D eigenvalue weighted by atomic mass is 9.98. The van der Waals surface area contributed by atoms with Gasteiger partial charge in [-0.05, 0) is 34.1 Å². The summed E-state index contributed by atoms with van der Waals surface area (Å²) in [7, 11) is 0. The second-order valence-electron chi connectivity index (χ2n) is 5.76. The summed E-state index contributed by atoms with van der Waals surface area (Å²) in [4.78, 5) is 4.55. The standard InChI is InChI=1S/C13H22N2OS/c1-9-15-11(8-17-9)12-10(5-6-16-12)7-14-13(2,3)4/h8,10,12,14H,5-7H2,1-4H3. The molecular weight excluding hydrogens is 232 g/mol. The van der Waals surface area contributed by atoms with Gasteiger partial charge in [-0.1, -0.05) is 0 Å². The molecule has 1 N–H and O–H groups in total. The van der Waals surface area contributed by atoms with Crippen molar-refractivity contribution in [2.45, 2.75) is 45.8 Å². The van der Waals surface area contributed by atoms with E-state index in [1.807, 2.05) is 6.92 Å². The van der Waals surface area contributed by atoms with Crippen LogP contribution >= 0.6 is 11.3 Å². The van der Waals surface area contributed by atoms with Crippen LogP contribution in [0, 0.1) is 12.8 Å². The van der Waals surface area contributed by atoms with Gasteiger partial charge in [0.1, 0.15) is 6.10 Å². The molecule has 1 aliphatic rings. The largest absolute Gasteiger partial charge is 0.372 e. The molecule has 0 aliphatic carbocycles. The van der Waals surface area contributed by atoms with Gasteiger partial charge in [-0.2, -0.15) is 0 Å². The van der Waals surface area contributed by atoms with E-state index in [2.05, 4.69) is 36.5 Å². The molecule has 4 heteroatoms. The molecule has 0 saturated carbocycles. The fraction of sp³-hybridized carbons (Fsp3) is 0.769. The summed E-state index contributed by atoms with van der Waals surface area (Å²) in [6.45, 7) is 10.5. The first-order valence-electron chi connectivity index (χ1n) is 6.24. The van der Waals surface area contributed by atoms with Gasteiger partial charge in [0.25, 0.3) is 0 Å². The molecule has 2 atom stereocenters. The highest BCUT2D eigenvalue weighted by Crippen LogP contribution is 2.34. The van der Waals surface area contributed by atoms with Gasteiger partial charge in [-0.3, -0.25) is 0 Å². The number of hydrogen-bond acceptors (Lipinski definition) is 4. The van der Waals surface area contributed by atoms with Crippen LogP contribution in [-0.2, 0) is 4.74 Å². The maximum absolute atomic E-state index is 5.83. The highest BCUT2D eigenvalue weighted by atomic mass is 32.1. The Morgan fingerprint density at radius 3 is 2.88 bits per heavy atom. The van der Waals surface area contributed by atoms with E-state index in [1.165, 1.54) is 0 Å². The average molecular weight is 254 g/mol. The first-order chi connectivity index (χ1) is 7.96. The van der Waals surface area contributed by atoms with E-state index in [-0.39, 0.29) is 11.6 Å². The number of hydrogen-bond donors (Lipinski definition) is 1. The first kappa shape index (κ1) is 13.0. The van der Waals surface area contributed by atoms with Crippen LogP contribution < -0.4 is 5.32 Å². The minimum atomic E-state index is 0.172. The van der Waals surface area contributed by atoms with Crippen LogP contribution in [-0.4, -0.2) is 23.7 Å². The smallest absolute Gasteiger partial charge is 0.104 e. The Kier molecular flexibility index (Phi) is 3.85. The summed E-state index contributed by atoms with van der Waals surface area (Å²) in [5.41, 5.74) is 1.29. The zero-order valence-electron chi connectivity index (χ0n) is 11.1. The third-order valence-corrected chi connectivity index (χ3v) is 3.83. The zero-order chi connectivity index (χ0) is 12.5. The number of thiazole rings is 1. The summed E-state index contributed by atoms with van der Waals surface area (Å²) in [6, 6.07) is 0. The minimum absolute atomic E-state index is 0.172. The summed E-state index contributed by atoms with van der Waals surface area (Å²) in [6.07, 6.45) is 1.32. The Morgan fingerprint density at radius 2 is 2.29 bits per heavy atom. The Balaban J connectivity index is 1.98. The second-order valence-corrected chi connectivity index (χ2v) is 6.82. The molecular formula is C13H22N2OS. The van der Waals surface area contributed by atoms with Gasteiger partial charge < -0.3 is 10.1 Å². The van der Waals surface area contributed by atoms with Gasteiger partial charge in [0.05, 0.1) is 10.7 Å². The van der Waals surface area contributed by atoms with Gasteiger partial charge in [-0.25, -0.2) is 4.98 Å². The van der Waals surface area contributed by atoms with E-state index in [0.29, 0.717) is 5.92 Å². The van der Waals surface area contributed by atoms with E-state index >= 15 is 0 Å². The molecule has 3 nitrogen and oxygen atoms in total. The quantitative estimate of drug-likeness (QED) is 0.900. The normalized spacial score (nSPS) is 25.4. The van der Waals surface area contributed by atoms with Gasteiger partial charge in [-0.15, -0.1) is 11.3 Å². The highest BCUT2D eigenvalue weighted by molar-refractivity contribution is 7.09. The number of ether oxygens (including phenoxy) is 1. The number of aryl methyl sites for hydroxylation is 1. The Hall–Kier alpha value is -0.450. The van der Waals surface area contributed by atoms with Crippen molar-refractivity contribution in [3.8, 4) is 0 Å². The molecule has 96 valence electrons. The molecule has 2 heterocycles. The van der Waals surface area contributed by atoms with E-state index in [0.717, 1.165) is 30.3 Å². The molecule has 1 saturated heterocycles. The molecule has 0 aromatic carbocycles. The van der Waals surface area contributed by atoms with Crippen LogP contribution in [0.1, 0.15) is 44.0 Å². The van der Waals surface area contributed by atoms with Crippen molar-refractivity contribution in [2.75, 3.05) is 13.2 Å². The van der Waals surface area contributed by atoms with E-state index in [9.17, 15) is 0 Å². The molecule has 0 spiro atoms. The van der Waals surface area contributed by atoms with Crippen LogP contribution in [0.2, 0.25) is 0 Å². The Bertz CT molecular complexity index is 370. The molecule has 0 bridgehead atoms. The van der Waals surface area contributed by atoms with Gasteiger partial charge in [0.15, 0.2) is 0 Å². The number of nitrogens with one attached hydrogen (secondary N) is 1. The van der Waals surface area contributed by atoms with Crippen molar-refractivity contribution < 1.29 is 4.74 Å². The summed E-state index contributed by atoms with van der Waals surface area (Å²) >= 11 is 1.71. The van der Waals surface area contributed by atoms with Crippen molar-refractivity contribution in [1.82, 2.24) is 10.3 Å². The Morgan fingerprint density at radius 1 is 1.53 bits per heavy atom. The van der Waals surface area contributed by atoms with E-state index in [1.54, 1.807) is 11.3 Å². The molecule has 0 radical (unpaired) electrons. The number of aromatic nitrogens is 1. The maximum Gasteiger partial charge on any atom is 0.104 e. The predicted octanol–water partition coefficient (Wildman–Crippen LogP) is 2.92. The van der Waals surface area contributed by atoms with Gasteiger partial charge >= 0.3 is 0 Å². The SMILES string of the molecule is Cc1nc(C2OCCC2CNC(C)(C)C)cs1. The molecule has 1 aromatic rings. The van der Waals surface area contributed by atoms with Crippen molar-refractivity contribution in [3.05, 3.63) is 16.1 Å². The van der Waals surface area contributed by atoms with Crippen molar-refractivity contribution in [3.63, 3.8) is 0 Å². The molecule has 1 fully saturated rings. The van der Waals surface area contributed by atoms with Crippen LogP contribution in [0.25, 0.3) is 0 Å². The minimum Gasteiger partial charge on any atom is -0.372 e. The number of nitrogens with zero attached hydrogens (tertiary/aromatic N) is 1. The fourth-order valence-electron chi connectivity index (χ4n) is 2.12. The monoisotopic (exact) mass is 254 g/mol. The van der Waals surface area contributed by atoms with Crippen molar-refractivity contribution >= 4 is 11.3 Å². The van der Waals surface area contributed by atoms with Crippen LogP contribution in [0.15, 0.2) is 5.38 Å². The Labute approximate surface area is 108 Å². The fourth-order valence-corrected chi connectivity index (χ4v) is 2.75.